The molecule has 7 aliphatic rings. The topological polar surface area (TPSA) is 60.4 Å². The Kier molecular flexibility index (Phi) is 7.79. The summed E-state index contributed by atoms with van der Waals surface area (Å²) >= 11 is 0. The van der Waals surface area contributed by atoms with Crippen LogP contribution in [0.4, 0.5) is 0 Å². The van der Waals surface area contributed by atoms with Gasteiger partial charge < -0.3 is 14.6 Å². The minimum Gasteiger partial charge on any atom is -0.494 e. The van der Waals surface area contributed by atoms with Crippen molar-refractivity contribution in [1.29, 1.82) is 0 Å². The third-order valence-corrected chi connectivity index (χ3v) is 10.3. The second-order valence-electron chi connectivity index (χ2n) is 12.8. The Morgan fingerprint density at radius 3 is 2.50 bits per heavy atom. The zero-order chi connectivity index (χ0) is 24.5. The average molecular weight is 502 g/mol. The van der Waals surface area contributed by atoms with Crippen molar-refractivity contribution in [3.8, 4) is 0 Å². The monoisotopic (exact) mass is 501 g/mol. The molecule has 0 aromatic carbocycles. The molecule has 0 radical (unpaired) electrons. The van der Waals surface area contributed by atoms with Gasteiger partial charge in [-0.1, -0.05) is 19.4 Å². The summed E-state index contributed by atoms with van der Waals surface area (Å²) in [7, 11) is 0. The summed E-state index contributed by atoms with van der Waals surface area (Å²) in [5.41, 5.74) is 0. The molecule has 202 valence electrons. The molecular weight excluding hydrogens is 454 g/mol. The van der Waals surface area contributed by atoms with Crippen LogP contribution in [-0.2, 0) is 19.2 Å². The van der Waals surface area contributed by atoms with E-state index in [4.69, 9.17) is 19.2 Å². The summed E-state index contributed by atoms with van der Waals surface area (Å²) in [6.07, 6.45) is 18.3. The van der Waals surface area contributed by atoms with Crippen LogP contribution in [0.15, 0.2) is 24.0 Å². The summed E-state index contributed by atoms with van der Waals surface area (Å²) in [6, 6.07) is 0. The van der Waals surface area contributed by atoms with Gasteiger partial charge in [0.05, 0.1) is 25.9 Å². The fraction of sp³-hybridized carbons (Fsp3) is 0.867. The molecule has 0 spiro atoms. The van der Waals surface area contributed by atoms with Crippen LogP contribution in [0.25, 0.3) is 0 Å². The van der Waals surface area contributed by atoms with Gasteiger partial charge in [-0.15, -0.1) is 0 Å². The van der Waals surface area contributed by atoms with E-state index in [0.717, 1.165) is 102 Å². The average Bonchev–Trinajstić information content (AvgIpc) is 2.89. The Balaban J connectivity index is 0.954. The first kappa shape index (κ1) is 25.4. The van der Waals surface area contributed by atoms with E-state index in [1.54, 1.807) is 0 Å². The van der Waals surface area contributed by atoms with E-state index in [2.05, 4.69) is 30.1 Å². The summed E-state index contributed by atoms with van der Waals surface area (Å²) < 4.78 is 11.5. The predicted molar refractivity (Wildman–Crippen MR) is 138 cm³/mol. The minimum absolute atomic E-state index is 0.0902. The highest BCUT2D eigenvalue weighted by molar-refractivity contribution is 5.21. The molecule has 6 nitrogen and oxygen atoms in total. The highest BCUT2D eigenvalue weighted by Crippen LogP contribution is 2.58. The van der Waals surface area contributed by atoms with E-state index in [9.17, 15) is 5.11 Å². The smallest absolute Gasteiger partial charge is 0.204 e. The molecule has 0 aromatic heterocycles. The molecule has 0 amide bonds. The van der Waals surface area contributed by atoms with Crippen LogP contribution in [-0.4, -0.2) is 61.4 Å². The van der Waals surface area contributed by atoms with Crippen LogP contribution in [0.3, 0.4) is 0 Å². The summed E-state index contributed by atoms with van der Waals surface area (Å²) in [5.74, 6) is 3.70. The van der Waals surface area contributed by atoms with Crippen LogP contribution in [0.2, 0.25) is 0 Å². The van der Waals surface area contributed by atoms with E-state index in [-0.39, 0.29) is 17.9 Å². The van der Waals surface area contributed by atoms with Crippen LogP contribution < -0.4 is 0 Å². The summed E-state index contributed by atoms with van der Waals surface area (Å²) in [5, 5.41) is 11.5. The largest absolute Gasteiger partial charge is 0.494 e. The number of nitrogens with zero attached hydrogens (tertiary/aromatic N) is 1. The van der Waals surface area contributed by atoms with Crippen LogP contribution in [0, 0.1) is 41.4 Å². The first-order valence-corrected chi connectivity index (χ1v) is 15.0. The fourth-order valence-corrected chi connectivity index (χ4v) is 8.55. The van der Waals surface area contributed by atoms with Crippen molar-refractivity contribution >= 4 is 0 Å². The molecule has 4 unspecified atom stereocenters. The molecule has 4 atom stereocenters. The lowest BCUT2D eigenvalue weighted by Gasteiger charge is -2.57. The second kappa shape index (κ2) is 11.1. The first-order valence-electron chi connectivity index (χ1n) is 15.0. The molecule has 1 aliphatic heterocycles. The molecule has 6 aliphatic carbocycles. The molecule has 36 heavy (non-hydrogen) atoms. The van der Waals surface area contributed by atoms with E-state index in [0.29, 0.717) is 17.8 Å². The Morgan fingerprint density at radius 1 is 1.03 bits per heavy atom. The zero-order valence-electron chi connectivity index (χ0n) is 22.2. The molecule has 5 saturated carbocycles. The number of aliphatic hydroxyl groups is 1. The Hall–Kier alpha value is -0.920. The molecule has 6 fully saturated rings. The molecule has 0 aromatic rings. The van der Waals surface area contributed by atoms with Gasteiger partial charge in [0.2, 0.25) is 5.79 Å². The van der Waals surface area contributed by atoms with Gasteiger partial charge in [-0.25, -0.2) is 9.78 Å². The van der Waals surface area contributed by atoms with Crippen molar-refractivity contribution in [2.24, 2.45) is 41.4 Å². The normalized spacial score (nSPS) is 44.6. The SMILES string of the molecule is CC1C=C(OCCCN2CCOCC2)C=CC1C1CCCC(OOC2(O)C3CC4CC(C3)CC2C4)C1. The van der Waals surface area contributed by atoms with Crippen molar-refractivity contribution in [1.82, 2.24) is 4.90 Å². The molecule has 7 rings (SSSR count). The van der Waals surface area contributed by atoms with Gasteiger partial charge in [0.15, 0.2) is 0 Å². The number of ether oxygens (including phenoxy) is 2. The second-order valence-corrected chi connectivity index (χ2v) is 12.8. The van der Waals surface area contributed by atoms with Crippen molar-refractivity contribution < 1.29 is 24.4 Å². The van der Waals surface area contributed by atoms with Crippen molar-refractivity contribution in [2.45, 2.75) is 83.0 Å². The maximum absolute atomic E-state index is 11.5. The van der Waals surface area contributed by atoms with Gasteiger partial charge in [0.25, 0.3) is 0 Å². The van der Waals surface area contributed by atoms with Gasteiger partial charge >= 0.3 is 0 Å². The van der Waals surface area contributed by atoms with Crippen LogP contribution in [0.5, 0.6) is 0 Å². The maximum Gasteiger partial charge on any atom is 0.204 e. The first-order chi connectivity index (χ1) is 17.6. The highest BCUT2D eigenvalue weighted by atomic mass is 17.2. The molecule has 4 bridgehead atoms. The van der Waals surface area contributed by atoms with Gasteiger partial charge in [-0.2, -0.15) is 0 Å². The number of hydrogen-bond acceptors (Lipinski definition) is 6. The predicted octanol–water partition coefficient (Wildman–Crippen LogP) is 5.08. The quantitative estimate of drug-likeness (QED) is 0.206. The van der Waals surface area contributed by atoms with Crippen molar-refractivity contribution in [2.75, 3.05) is 39.5 Å². The molecule has 6 heteroatoms. The van der Waals surface area contributed by atoms with Gasteiger partial charge in [-0.3, -0.25) is 4.90 Å². The number of hydrogen-bond donors (Lipinski definition) is 1. The van der Waals surface area contributed by atoms with Crippen LogP contribution >= 0.6 is 0 Å². The number of allylic oxidation sites excluding steroid dienone is 3. The molecule has 1 saturated heterocycles. The van der Waals surface area contributed by atoms with Gasteiger partial charge in [0, 0.05) is 31.5 Å². The summed E-state index contributed by atoms with van der Waals surface area (Å²) in [6.45, 7) is 7.98. The fourth-order valence-electron chi connectivity index (χ4n) is 8.55. The lowest BCUT2D eigenvalue weighted by molar-refractivity contribution is -0.481. The number of rotatable bonds is 9. The van der Waals surface area contributed by atoms with E-state index in [1.165, 1.54) is 19.3 Å². The van der Waals surface area contributed by atoms with Crippen molar-refractivity contribution in [3.05, 3.63) is 24.0 Å². The minimum atomic E-state index is -1.05. The van der Waals surface area contributed by atoms with Crippen LogP contribution in [0.1, 0.15) is 71.1 Å². The van der Waals surface area contributed by atoms with E-state index < -0.39 is 5.79 Å². The Morgan fingerprint density at radius 2 is 1.78 bits per heavy atom. The Bertz CT molecular complexity index is 777. The highest BCUT2D eigenvalue weighted by Gasteiger charge is 2.58. The van der Waals surface area contributed by atoms with Gasteiger partial charge in [-0.05, 0) is 99.5 Å². The third kappa shape index (κ3) is 5.44. The third-order valence-electron chi connectivity index (χ3n) is 10.3. The molecule has 1 heterocycles. The lowest BCUT2D eigenvalue weighted by Crippen LogP contribution is -2.59. The van der Waals surface area contributed by atoms with Gasteiger partial charge in [0.1, 0.15) is 5.76 Å². The standard InChI is InChI=1S/C30H47NO5/c1-21-14-27(34-11-3-8-31-9-12-33-13-10-31)6-7-29(21)24-4-2-5-28(20-24)35-36-30(32)25-16-22-15-23(18-25)19-26(30)17-22/h6-7,14,21-26,28-29,32H,2-5,8-13,15-20H2,1H3. The zero-order valence-corrected chi connectivity index (χ0v) is 22.2. The maximum atomic E-state index is 11.5. The summed E-state index contributed by atoms with van der Waals surface area (Å²) in [4.78, 5) is 14.6. The molecular formula is C30H47NO5. The van der Waals surface area contributed by atoms with Crippen molar-refractivity contribution in [3.63, 3.8) is 0 Å². The molecule has 1 N–H and O–H groups in total. The number of morpholine rings is 1. The van der Waals surface area contributed by atoms with E-state index >= 15 is 0 Å². The van der Waals surface area contributed by atoms with E-state index in [1.807, 2.05) is 0 Å². The lowest BCUT2D eigenvalue weighted by atomic mass is 9.53. The Labute approximate surface area is 217 Å².